The molecule has 2 rings (SSSR count). The number of carboxylic acid groups (broad SMARTS) is 1. The van der Waals surface area contributed by atoms with Gasteiger partial charge in [-0.05, 0) is 36.2 Å². The lowest BCUT2D eigenvalue weighted by Crippen LogP contribution is -2.13. The van der Waals surface area contributed by atoms with Gasteiger partial charge in [-0.15, -0.1) is 0 Å². The number of rotatable bonds is 8. The van der Waals surface area contributed by atoms with E-state index in [1.807, 2.05) is 13.8 Å². The van der Waals surface area contributed by atoms with E-state index < -0.39 is 12.6 Å². The Kier molecular flexibility index (Phi) is 6.80. The Morgan fingerprint density at radius 1 is 1.23 bits per heavy atom. The van der Waals surface area contributed by atoms with Crippen LogP contribution in [0.25, 0.3) is 0 Å². The minimum absolute atomic E-state index is 0.260. The zero-order valence-corrected chi connectivity index (χ0v) is 15.1. The van der Waals surface area contributed by atoms with Crippen LogP contribution in [0.1, 0.15) is 24.2 Å². The minimum Gasteiger partial charge on any atom is -0.482 e. The fourth-order valence-corrected chi connectivity index (χ4v) is 2.11. The summed E-state index contributed by atoms with van der Waals surface area (Å²) in [4.78, 5) is 26.8. The highest BCUT2D eigenvalue weighted by Gasteiger charge is 2.12. The second-order valence-electron chi connectivity index (χ2n) is 5.88. The van der Waals surface area contributed by atoms with Crippen molar-refractivity contribution in [2.24, 2.45) is 5.92 Å². The molecule has 1 heterocycles. The van der Waals surface area contributed by atoms with Crippen LogP contribution in [0.2, 0.25) is 5.02 Å². The summed E-state index contributed by atoms with van der Waals surface area (Å²) in [5, 5.41) is 11.5. The number of aliphatic carboxylic acids is 1. The van der Waals surface area contributed by atoms with Gasteiger partial charge in [0.1, 0.15) is 10.8 Å². The highest BCUT2D eigenvalue weighted by Crippen LogP contribution is 2.24. The Morgan fingerprint density at radius 3 is 2.50 bits per heavy atom. The van der Waals surface area contributed by atoms with Crippen LogP contribution >= 0.6 is 11.6 Å². The molecule has 0 saturated carbocycles. The molecule has 2 N–H and O–H groups in total. The monoisotopic (exact) mass is 378 g/mol. The van der Waals surface area contributed by atoms with E-state index in [-0.39, 0.29) is 22.4 Å². The minimum atomic E-state index is -1.06. The van der Waals surface area contributed by atoms with Crippen molar-refractivity contribution in [2.45, 2.75) is 13.8 Å². The van der Waals surface area contributed by atoms with Crippen LogP contribution in [0, 0.1) is 5.92 Å². The van der Waals surface area contributed by atoms with Crippen LogP contribution in [-0.2, 0) is 4.79 Å². The molecule has 0 atom stereocenters. The average Bonchev–Trinajstić information content (AvgIpc) is 2.59. The van der Waals surface area contributed by atoms with Crippen molar-refractivity contribution < 1.29 is 24.2 Å². The number of halogens is 1. The number of carbonyl (C=O) groups excluding carboxylic acids is 1. The van der Waals surface area contributed by atoms with Crippen LogP contribution in [0.4, 0.5) is 5.69 Å². The third-order valence-electron chi connectivity index (χ3n) is 3.10. The number of amides is 1. The van der Waals surface area contributed by atoms with Gasteiger partial charge in [0, 0.05) is 11.9 Å². The number of nitrogens with one attached hydrogen (secondary N) is 1. The Labute approximate surface area is 155 Å². The summed E-state index contributed by atoms with van der Waals surface area (Å²) in [7, 11) is 0. The third-order valence-corrected chi connectivity index (χ3v) is 3.37. The largest absolute Gasteiger partial charge is 0.482 e. The summed E-state index contributed by atoms with van der Waals surface area (Å²) in [5.41, 5.74) is 0.812. The van der Waals surface area contributed by atoms with Crippen LogP contribution < -0.4 is 14.8 Å². The highest BCUT2D eigenvalue weighted by molar-refractivity contribution is 6.32. The van der Waals surface area contributed by atoms with Crippen LogP contribution in [0.3, 0.4) is 0 Å². The van der Waals surface area contributed by atoms with Crippen molar-refractivity contribution in [1.29, 1.82) is 0 Å². The van der Waals surface area contributed by atoms with Crippen molar-refractivity contribution in [2.75, 3.05) is 18.5 Å². The van der Waals surface area contributed by atoms with E-state index in [0.717, 1.165) is 0 Å². The summed E-state index contributed by atoms with van der Waals surface area (Å²) in [5.74, 6) is -0.432. The molecule has 0 saturated heterocycles. The van der Waals surface area contributed by atoms with E-state index >= 15 is 0 Å². The molecule has 0 aliphatic carbocycles. The van der Waals surface area contributed by atoms with Gasteiger partial charge >= 0.3 is 5.97 Å². The Bertz CT molecular complexity index is 778. The topological polar surface area (TPSA) is 97.8 Å². The van der Waals surface area contributed by atoms with Crippen LogP contribution in [0.5, 0.6) is 11.6 Å². The van der Waals surface area contributed by atoms with Gasteiger partial charge in [0.15, 0.2) is 6.61 Å². The maximum absolute atomic E-state index is 12.3. The Morgan fingerprint density at radius 2 is 1.92 bits per heavy atom. The van der Waals surface area contributed by atoms with E-state index in [1.165, 1.54) is 12.3 Å². The third kappa shape index (κ3) is 5.93. The summed E-state index contributed by atoms with van der Waals surface area (Å²) in [6, 6.07) is 7.82. The molecule has 0 aliphatic rings. The van der Waals surface area contributed by atoms with E-state index in [1.54, 1.807) is 24.3 Å². The van der Waals surface area contributed by atoms with Crippen LogP contribution in [0.15, 0.2) is 36.5 Å². The molecule has 0 fully saturated rings. The van der Waals surface area contributed by atoms with Gasteiger partial charge in [-0.3, -0.25) is 4.79 Å². The first kappa shape index (κ1) is 19.5. The number of nitrogens with zero attached hydrogens (tertiary/aromatic N) is 1. The molecule has 7 nitrogen and oxygen atoms in total. The number of hydrogen-bond donors (Lipinski definition) is 2. The number of pyridine rings is 1. The molecular formula is C18H19ClN2O5. The van der Waals surface area contributed by atoms with E-state index in [0.29, 0.717) is 24.0 Å². The van der Waals surface area contributed by atoms with Gasteiger partial charge in [0.25, 0.3) is 5.91 Å². The lowest BCUT2D eigenvalue weighted by molar-refractivity contribution is -0.139. The molecule has 0 spiro atoms. The number of aromatic nitrogens is 1. The van der Waals surface area contributed by atoms with Crippen molar-refractivity contribution >= 4 is 29.2 Å². The highest BCUT2D eigenvalue weighted by atomic mass is 35.5. The molecule has 8 heteroatoms. The van der Waals surface area contributed by atoms with Crippen molar-refractivity contribution in [3.8, 4) is 11.6 Å². The molecule has 2 aromatic rings. The number of carbonyl (C=O) groups is 2. The van der Waals surface area contributed by atoms with Crippen LogP contribution in [-0.4, -0.2) is 35.2 Å². The average molecular weight is 379 g/mol. The summed E-state index contributed by atoms with van der Waals surface area (Å²) < 4.78 is 10.5. The molecule has 1 amide bonds. The lowest BCUT2D eigenvalue weighted by Gasteiger charge is -2.10. The maximum atomic E-state index is 12.3. The first-order valence-corrected chi connectivity index (χ1v) is 8.27. The molecule has 0 aliphatic heterocycles. The summed E-state index contributed by atoms with van der Waals surface area (Å²) in [6.07, 6.45) is 1.39. The van der Waals surface area contributed by atoms with E-state index in [2.05, 4.69) is 10.3 Å². The quantitative estimate of drug-likeness (QED) is 0.729. The van der Waals surface area contributed by atoms with Crippen molar-refractivity contribution in [1.82, 2.24) is 4.98 Å². The number of hydrogen-bond acceptors (Lipinski definition) is 5. The van der Waals surface area contributed by atoms with Gasteiger partial charge in [0.05, 0.1) is 12.2 Å². The molecule has 26 heavy (non-hydrogen) atoms. The second kappa shape index (κ2) is 9.05. The molecule has 1 aromatic heterocycles. The fourth-order valence-electron chi connectivity index (χ4n) is 1.88. The number of benzene rings is 1. The van der Waals surface area contributed by atoms with Gasteiger partial charge in [-0.25, -0.2) is 9.78 Å². The Hall–Kier alpha value is -2.80. The second-order valence-corrected chi connectivity index (χ2v) is 6.28. The SMILES string of the molecule is CC(C)COc1ncc(C(=O)Nc2ccc(OCC(=O)O)cc2)cc1Cl. The van der Waals surface area contributed by atoms with Gasteiger partial charge < -0.3 is 19.9 Å². The fraction of sp³-hybridized carbons (Fsp3) is 0.278. The van der Waals surface area contributed by atoms with Crippen molar-refractivity contribution in [3.05, 3.63) is 47.1 Å². The molecule has 138 valence electrons. The van der Waals surface area contributed by atoms with E-state index in [4.69, 9.17) is 26.2 Å². The predicted octanol–water partition coefficient (Wildman–Crippen LogP) is 3.49. The normalized spacial score (nSPS) is 10.5. The molecule has 0 unspecified atom stereocenters. The zero-order valence-electron chi connectivity index (χ0n) is 14.4. The molecule has 0 bridgehead atoms. The lowest BCUT2D eigenvalue weighted by atomic mass is 10.2. The standard InChI is InChI=1S/C18H19ClN2O5/c1-11(2)9-26-18-15(19)7-12(8-20-18)17(24)21-13-3-5-14(6-4-13)25-10-16(22)23/h3-8,11H,9-10H2,1-2H3,(H,21,24)(H,22,23). The maximum Gasteiger partial charge on any atom is 0.341 e. The smallest absolute Gasteiger partial charge is 0.341 e. The number of anilines is 1. The Balaban J connectivity index is 1.98. The van der Waals surface area contributed by atoms with E-state index in [9.17, 15) is 9.59 Å². The number of carboxylic acids is 1. The summed E-state index contributed by atoms with van der Waals surface area (Å²) in [6.45, 7) is 4.07. The van der Waals surface area contributed by atoms with Gasteiger partial charge in [-0.1, -0.05) is 25.4 Å². The first-order valence-electron chi connectivity index (χ1n) is 7.89. The zero-order chi connectivity index (χ0) is 19.1. The summed E-state index contributed by atoms with van der Waals surface area (Å²) >= 11 is 6.11. The first-order chi connectivity index (χ1) is 12.3. The van der Waals surface area contributed by atoms with Gasteiger partial charge in [0.2, 0.25) is 5.88 Å². The predicted molar refractivity (Wildman–Crippen MR) is 97.1 cm³/mol. The molecular weight excluding hydrogens is 360 g/mol. The molecule has 0 radical (unpaired) electrons. The number of ether oxygens (including phenoxy) is 2. The van der Waals surface area contributed by atoms with Gasteiger partial charge in [-0.2, -0.15) is 0 Å². The van der Waals surface area contributed by atoms with Crippen molar-refractivity contribution in [3.63, 3.8) is 0 Å². The molecule has 1 aromatic carbocycles.